The summed E-state index contributed by atoms with van der Waals surface area (Å²) >= 11 is 0. The van der Waals surface area contributed by atoms with Crippen molar-refractivity contribution in [3.8, 4) is 0 Å². The number of hydrogen-bond donors (Lipinski definition) is 2. The zero-order valence-electron chi connectivity index (χ0n) is 15.2. The van der Waals surface area contributed by atoms with Crippen LogP contribution in [-0.4, -0.2) is 61.8 Å². The van der Waals surface area contributed by atoms with E-state index >= 15 is 0 Å². The summed E-state index contributed by atoms with van der Waals surface area (Å²) in [4.78, 5) is 16.5. The Bertz CT molecular complexity index is 509. The van der Waals surface area contributed by atoms with Crippen LogP contribution >= 0.6 is 0 Å². The highest BCUT2D eigenvalue weighted by atomic mass is 16.3. The van der Waals surface area contributed by atoms with Crippen LogP contribution in [0.1, 0.15) is 37.3 Å². The van der Waals surface area contributed by atoms with Crippen molar-refractivity contribution in [2.24, 2.45) is 5.41 Å². The molecule has 5 heteroatoms. The molecule has 134 valence electrons. The lowest BCUT2D eigenvalue weighted by Crippen LogP contribution is -2.49. The van der Waals surface area contributed by atoms with Crippen molar-refractivity contribution in [2.75, 3.05) is 40.8 Å². The van der Waals surface area contributed by atoms with Gasteiger partial charge in [0.05, 0.1) is 12.6 Å². The van der Waals surface area contributed by atoms with Gasteiger partial charge in [-0.2, -0.15) is 0 Å². The van der Waals surface area contributed by atoms with Crippen LogP contribution < -0.4 is 5.32 Å². The first-order valence-electron chi connectivity index (χ1n) is 8.78. The maximum atomic E-state index is 12.6. The zero-order valence-corrected chi connectivity index (χ0v) is 15.2. The predicted octanol–water partition coefficient (Wildman–Crippen LogP) is 2.48. The SMILES string of the molecule is CN(C)CC[C@H](NC(=O)N(C)CC1(CO)CCC1)c1ccccc1. The first-order valence-corrected chi connectivity index (χ1v) is 8.78. The Morgan fingerprint density at radius 1 is 1.25 bits per heavy atom. The van der Waals surface area contributed by atoms with Gasteiger partial charge in [-0.05, 0) is 45.5 Å². The summed E-state index contributed by atoms with van der Waals surface area (Å²) in [5.74, 6) is 0. The van der Waals surface area contributed by atoms with E-state index in [1.54, 1.807) is 4.90 Å². The number of rotatable bonds is 8. The molecule has 1 saturated carbocycles. The molecule has 1 atom stereocenters. The number of urea groups is 1. The second-order valence-corrected chi connectivity index (χ2v) is 7.37. The molecule has 0 spiro atoms. The molecule has 24 heavy (non-hydrogen) atoms. The second kappa shape index (κ2) is 8.49. The van der Waals surface area contributed by atoms with Gasteiger partial charge in [-0.25, -0.2) is 4.79 Å². The summed E-state index contributed by atoms with van der Waals surface area (Å²) in [5, 5.41) is 12.8. The van der Waals surface area contributed by atoms with E-state index in [-0.39, 0.29) is 24.1 Å². The number of aliphatic hydroxyl groups excluding tert-OH is 1. The lowest BCUT2D eigenvalue weighted by atomic mass is 9.69. The molecule has 1 fully saturated rings. The summed E-state index contributed by atoms with van der Waals surface area (Å²) in [6, 6.07) is 10.0. The maximum absolute atomic E-state index is 12.6. The highest BCUT2D eigenvalue weighted by Crippen LogP contribution is 2.40. The van der Waals surface area contributed by atoms with Crippen LogP contribution in [0.4, 0.5) is 4.79 Å². The molecule has 0 radical (unpaired) electrons. The van der Waals surface area contributed by atoms with Gasteiger partial charge in [-0.15, -0.1) is 0 Å². The first-order chi connectivity index (χ1) is 11.5. The number of carbonyl (C=O) groups is 1. The van der Waals surface area contributed by atoms with Crippen molar-refractivity contribution in [3.63, 3.8) is 0 Å². The molecule has 0 bridgehead atoms. The van der Waals surface area contributed by atoms with Gasteiger partial charge in [-0.3, -0.25) is 0 Å². The number of amides is 2. The van der Waals surface area contributed by atoms with E-state index in [0.29, 0.717) is 6.54 Å². The smallest absolute Gasteiger partial charge is 0.317 e. The summed E-state index contributed by atoms with van der Waals surface area (Å²) in [5.41, 5.74) is 1.04. The topological polar surface area (TPSA) is 55.8 Å². The third-order valence-corrected chi connectivity index (χ3v) is 5.03. The summed E-state index contributed by atoms with van der Waals surface area (Å²) in [6.07, 6.45) is 4.01. The van der Waals surface area contributed by atoms with Crippen LogP contribution in [0.3, 0.4) is 0 Å². The van der Waals surface area contributed by atoms with Crippen molar-refractivity contribution in [1.82, 2.24) is 15.1 Å². The minimum atomic E-state index is -0.0853. The third-order valence-electron chi connectivity index (χ3n) is 5.03. The van der Waals surface area contributed by atoms with Crippen molar-refractivity contribution in [1.29, 1.82) is 0 Å². The fraction of sp³-hybridized carbons (Fsp3) is 0.632. The number of nitrogens with one attached hydrogen (secondary N) is 1. The van der Waals surface area contributed by atoms with Crippen LogP contribution in [0.5, 0.6) is 0 Å². The van der Waals surface area contributed by atoms with Crippen LogP contribution in [0.25, 0.3) is 0 Å². The van der Waals surface area contributed by atoms with Gasteiger partial charge in [0.2, 0.25) is 0 Å². The fourth-order valence-electron chi connectivity index (χ4n) is 3.27. The van der Waals surface area contributed by atoms with Gasteiger partial charge >= 0.3 is 6.03 Å². The van der Waals surface area contributed by atoms with E-state index in [4.69, 9.17) is 0 Å². The van der Waals surface area contributed by atoms with Gasteiger partial charge in [0.1, 0.15) is 0 Å². The van der Waals surface area contributed by atoms with Gasteiger partial charge in [0.15, 0.2) is 0 Å². The molecule has 1 aliphatic carbocycles. The molecule has 2 N–H and O–H groups in total. The highest BCUT2D eigenvalue weighted by Gasteiger charge is 2.38. The maximum Gasteiger partial charge on any atom is 0.317 e. The molecule has 1 aromatic carbocycles. The lowest BCUT2D eigenvalue weighted by Gasteiger charge is -2.43. The van der Waals surface area contributed by atoms with Gasteiger partial charge in [-0.1, -0.05) is 36.8 Å². The molecule has 1 aliphatic rings. The van der Waals surface area contributed by atoms with Crippen LogP contribution in [-0.2, 0) is 0 Å². The Morgan fingerprint density at radius 2 is 1.92 bits per heavy atom. The Hall–Kier alpha value is -1.59. The molecular formula is C19H31N3O2. The number of nitrogens with zero attached hydrogens (tertiary/aromatic N) is 2. The van der Waals surface area contributed by atoms with Crippen LogP contribution in [0, 0.1) is 5.41 Å². The highest BCUT2D eigenvalue weighted by molar-refractivity contribution is 5.74. The number of benzene rings is 1. The van der Waals surface area contributed by atoms with E-state index in [2.05, 4.69) is 22.3 Å². The number of carbonyl (C=O) groups excluding carboxylic acids is 1. The van der Waals surface area contributed by atoms with Crippen LogP contribution in [0.15, 0.2) is 30.3 Å². The predicted molar refractivity (Wildman–Crippen MR) is 96.9 cm³/mol. The summed E-state index contributed by atoms with van der Waals surface area (Å²) in [7, 11) is 5.90. The molecule has 2 amide bonds. The fourth-order valence-corrected chi connectivity index (χ4v) is 3.27. The summed E-state index contributed by atoms with van der Waals surface area (Å²) < 4.78 is 0. The van der Waals surface area contributed by atoms with E-state index < -0.39 is 0 Å². The molecule has 0 aliphatic heterocycles. The van der Waals surface area contributed by atoms with E-state index in [0.717, 1.165) is 37.8 Å². The second-order valence-electron chi connectivity index (χ2n) is 7.37. The number of aliphatic hydroxyl groups is 1. The van der Waals surface area contributed by atoms with Crippen molar-refractivity contribution >= 4 is 6.03 Å². The Kier molecular flexibility index (Phi) is 6.63. The van der Waals surface area contributed by atoms with E-state index in [1.807, 2.05) is 39.3 Å². The Balaban J connectivity index is 1.98. The molecule has 0 unspecified atom stereocenters. The Morgan fingerprint density at radius 3 is 2.42 bits per heavy atom. The minimum absolute atomic E-state index is 0.00461. The first kappa shape index (κ1) is 18.7. The van der Waals surface area contributed by atoms with Gasteiger partial charge in [0, 0.05) is 19.0 Å². The average Bonchev–Trinajstić information content (AvgIpc) is 2.55. The van der Waals surface area contributed by atoms with E-state index in [9.17, 15) is 9.90 Å². The molecule has 0 saturated heterocycles. The molecule has 0 heterocycles. The standard InChI is InChI=1S/C19H31N3O2/c1-21(2)13-10-17(16-8-5-4-6-9-16)20-18(24)22(3)14-19(15-23)11-7-12-19/h4-6,8-9,17,23H,7,10-15H2,1-3H3,(H,20,24)/t17-/m0/s1. The largest absolute Gasteiger partial charge is 0.396 e. The normalized spacial score (nSPS) is 17.2. The van der Waals surface area contributed by atoms with Crippen molar-refractivity contribution in [2.45, 2.75) is 31.7 Å². The van der Waals surface area contributed by atoms with Crippen molar-refractivity contribution < 1.29 is 9.90 Å². The van der Waals surface area contributed by atoms with Gasteiger partial charge < -0.3 is 20.2 Å². The zero-order chi connectivity index (χ0) is 17.6. The van der Waals surface area contributed by atoms with Crippen molar-refractivity contribution in [3.05, 3.63) is 35.9 Å². The molecule has 1 aromatic rings. The number of hydrogen-bond acceptors (Lipinski definition) is 3. The third kappa shape index (κ3) is 4.95. The quantitative estimate of drug-likeness (QED) is 0.768. The molecule has 5 nitrogen and oxygen atoms in total. The minimum Gasteiger partial charge on any atom is -0.396 e. The van der Waals surface area contributed by atoms with E-state index in [1.165, 1.54) is 0 Å². The lowest BCUT2D eigenvalue weighted by molar-refractivity contribution is 0.0226. The average molecular weight is 333 g/mol. The summed E-state index contributed by atoms with van der Waals surface area (Å²) in [6.45, 7) is 1.68. The monoisotopic (exact) mass is 333 g/mol. The Labute approximate surface area is 145 Å². The van der Waals surface area contributed by atoms with Crippen LogP contribution in [0.2, 0.25) is 0 Å². The van der Waals surface area contributed by atoms with Gasteiger partial charge in [0.25, 0.3) is 0 Å². The molecule has 0 aromatic heterocycles. The molecule has 2 rings (SSSR count). The molecular weight excluding hydrogens is 302 g/mol.